The molecule has 0 spiro atoms. The molecule has 0 saturated heterocycles. The topological polar surface area (TPSA) is 55.1 Å². The van der Waals surface area contributed by atoms with E-state index in [-0.39, 0.29) is 5.91 Å². The summed E-state index contributed by atoms with van der Waals surface area (Å²) in [7, 11) is 0. The van der Waals surface area contributed by atoms with Gasteiger partial charge in [-0.1, -0.05) is 41.4 Å². The summed E-state index contributed by atoms with van der Waals surface area (Å²) in [5, 5.41) is 3.36. The molecule has 2 rings (SSSR count). The summed E-state index contributed by atoms with van der Waals surface area (Å²) in [6.07, 6.45) is 0. The van der Waals surface area contributed by atoms with Gasteiger partial charge < -0.3 is 11.1 Å². The molecular weight excluding hydrogens is 340 g/mol. The highest BCUT2D eigenvalue weighted by Crippen LogP contribution is 2.26. The zero-order valence-corrected chi connectivity index (χ0v) is 13.2. The van der Waals surface area contributed by atoms with Crippen molar-refractivity contribution in [2.45, 2.75) is 13.0 Å². The Morgan fingerprint density at radius 1 is 1.25 bits per heavy atom. The van der Waals surface area contributed by atoms with E-state index in [4.69, 9.17) is 17.3 Å². The number of nitrogens with two attached hydrogens (primary N) is 1. The fourth-order valence-electron chi connectivity index (χ4n) is 1.72. The van der Waals surface area contributed by atoms with Gasteiger partial charge in [-0.15, -0.1) is 0 Å². The van der Waals surface area contributed by atoms with Crippen LogP contribution in [0.2, 0.25) is 5.02 Å². The summed E-state index contributed by atoms with van der Waals surface area (Å²) >= 11 is 9.22. The van der Waals surface area contributed by atoms with E-state index >= 15 is 0 Å². The lowest BCUT2D eigenvalue weighted by atomic mass is 10.1. The van der Waals surface area contributed by atoms with Gasteiger partial charge in [0.25, 0.3) is 0 Å². The van der Waals surface area contributed by atoms with Crippen molar-refractivity contribution in [1.82, 2.24) is 0 Å². The van der Waals surface area contributed by atoms with Crippen molar-refractivity contribution in [3.05, 3.63) is 63.1 Å². The van der Waals surface area contributed by atoms with Crippen LogP contribution >= 0.6 is 27.5 Å². The van der Waals surface area contributed by atoms with Gasteiger partial charge in [0.1, 0.15) is 6.04 Å². The number of nitrogens with one attached hydrogen (secondary N) is 1. The number of anilines is 1. The molecule has 104 valence electrons. The number of rotatable bonds is 3. The van der Waals surface area contributed by atoms with E-state index in [2.05, 4.69) is 21.2 Å². The fourth-order valence-corrected chi connectivity index (χ4v) is 2.22. The van der Waals surface area contributed by atoms with Crippen LogP contribution in [0, 0.1) is 6.92 Å². The third-order valence-electron chi connectivity index (χ3n) is 2.91. The van der Waals surface area contributed by atoms with Crippen molar-refractivity contribution in [3.8, 4) is 0 Å². The highest BCUT2D eigenvalue weighted by molar-refractivity contribution is 9.10. The van der Waals surface area contributed by atoms with E-state index in [0.717, 1.165) is 15.6 Å². The van der Waals surface area contributed by atoms with Gasteiger partial charge in [0.05, 0.1) is 5.02 Å². The molecule has 0 aromatic heterocycles. The first-order valence-corrected chi connectivity index (χ1v) is 7.22. The largest absolute Gasteiger partial charge is 0.324 e. The van der Waals surface area contributed by atoms with Gasteiger partial charge in [0.2, 0.25) is 5.91 Å². The average molecular weight is 354 g/mol. The van der Waals surface area contributed by atoms with Crippen LogP contribution in [-0.4, -0.2) is 5.91 Å². The normalized spacial score (nSPS) is 12.0. The van der Waals surface area contributed by atoms with Crippen molar-refractivity contribution in [2.24, 2.45) is 5.73 Å². The molecule has 3 nitrogen and oxygen atoms in total. The SMILES string of the molecule is Cc1ccc(C(N)C(=O)Nc2ccc(Cl)c(Br)c2)cc1. The summed E-state index contributed by atoms with van der Waals surface area (Å²) in [6.45, 7) is 1.99. The van der Waals surface area contributed by atoms with Crippen LogP contribution in [0.4, 0.5) is 5.69 Å². The van der Waals surface area contributed by atoms with Crippen LogP contribution in [-0.2, 0) is 4.79 Å². The summed E-state index contributed by atoms with van der Waals surface area (Å²) in [4.78, 5) is 12.1. The van der Waals surface area contributed by atoms with Gasteiger partial charge in [-0.05, 0) is 46.6 Å². The predicted octanol–water partition coefficient (Wildman–Crippen LogP) is 4.05. The maximum absolute atomic E-state index is 12.1. The number of hydrogen-bond donors (Lipinski definition) is 2. The molecule has 2 aromatic carbocycles. The van der Waals surface area contributed by atoms with E-state index in [0.29, 0.717) is 10.7 Å². The van der Waals surface area contributed by atoms with Crippen molar-refractivity contribution < 1.29 is 4.79 Å². The number of amides is 1. The summed E-state index contributed by atoms with van der Waals surface area (Å²) in [5.74, 6) is -0.261. The summed E-state index contributed by atoms with van der Waals surface area (Å²) in [6, 6.07) is 12.1. The van der Waals surface area contributed by atoms with Gasteiger partial charge in [-0.25, -0.2) is 0 Å². The molecule has 0 radical (unpaired) electrons. The number of aryl methyl sites for hydroxylation is 1. The molecule has 20 heavy (non-hydrogen) atoms. The number of carbonyl (C=O) groups excluding carboxylic acids is 1. The van der Waals surface area contributed by atoms with E-state index < -0.39 is 6.04 Å². The molecule has 5 heteroatoms. The van der Waals surface area contributed by atoms with E-state index in [1.54, 1.807) is 18.2 Å². The summed E-state index contributed by atoms with van der Waals surface area (Å²) < 4.78 is 0.723. The third kappa shape index (κ3) is 3.60. The van der Waals surface area contributed by atoms with Crippen molar-refractivity contribution in [3.63, 3.8) is 0 Å². The van der Waals surface area contributed by atoms with Gasteiger partial charge in [-0.3, -0.25) is 4.79 Å². The molecular formula is C15H14BrClN2O. The van der Waals surface area contributed by atoms with Crippen molar-refractivity contribution in [2.75, 3.05) is 5.32 Å². The Bertz CT molecular complexity index is 628. The van der Waals surface area contributed by atoms with Crippen LogP contribution in [0.1, 0.15) is 17.2 Å². The minimum Gasteiger partial charge on any atom is -0.324 e. The second-order valence-corrected chi connectivity index (χ2v) is 5.77. The second kappa shape index (κ2) is 6.39. The van der Waals surface area contributed by atoms with Crippen LogP contribution in [0.3, 0.4) is 0 Å². The number of benzene rings is 2. The Labute approximate surface area is 131 Å². The van der Waals surface area contributed by atoms with E-state index in [9.17, 15) is 4.79 Å². The number of carbonyl (C=O) groups is 1. The van der Waals surface area contributed by atoms with E-state index in [1.807, 2.05) is 31.2 Å². The lowest BCUT2D eigenvalue weighted by Crippen LogP contribution is -2.27. The Morgan fingerprint density at radius 2 is 1.90 bits per heavy atom. The lowest BCUT2D eigenvalue weighted by Gasteiger charge is -2.13. The van der Waals surface area contributed by atoms with Gasteiger partial charge in [0, 0.05) is 10.2 Å². The lowest BCUT2D eigenvalue weighted by molar-refractivity contribution is -0.117. The maximum Gasteiger partial charge on any atom is 0.245 e. The monoisotopic (exact) mass is 352 g/mol. The van der Waals surface area contributed by atoms with Crippen LogP contribution in [0.5, 0.6) is 0 Å². The molecule has 0 bridgehead atoms. The maximum atomic E-state index is 12.1. The number of halogens is 2. The highest BCUT2D eigenvalue weighted by atomic mass is 79.9. The van der Waals surface area contributed by atoms with Gasteiger partial charge in [-0.2, -0.15) is 0 Å². The zero-order chi connectivity index (χ0) is 14.7. The molecule has 0 aliphatic carbocycles. The third-order valence-corrected chi connectivity index (χ3v) is 4.12. The Morgan fingerprint density at radius 3 is 2.50 bits per heavy atom. The molecule has 1 amide bonds. The van der Waals surface area contributed by atoms with Crippen molar-refractivity contribution >= 4 is 39.1 Å². The van der Waals surface area contributed by atoms with E-state index in [1.165, 1.54) is 0 Å². The molecule has 0 aliphatic heterocycles. The standard InChI is InChI=1S/C15H14BrClN2O/c1-9-2-4-10(5-3-9)14(18)15(20)19-11-6-7-13(17)12(16)8-11/h2-8,14H,18H2,1H3,(H,19,20). The Hall–Kier alpha value is -1.36. The highest BCUT2D eigenvalue weighted by Gasteiger charge is 2.16. The molecule has 0 heterocycles. The Kier molecular flexibility index (Phi) is 4.81. The molecule has 1 atom stereocenters. The first kappa shape index (κ1) is 15.0. The summed E-state index contributed by atoms with van der Waals surface area (Å²) in [5.41, 5.74) is 8.51. The molecule has 1 unspecified atom stereocenters. The first-order valence-electron chi connectivity index (χ1n) is 6.05. The van der Waals surface area contributed by atoms with Crippen LogP contribution < -0.4 is 11.1 Å². The van der Waals surface area contributed by atoms with Gasteiger partial charge in [0.15, 0.2) is 0 Å². The zero-order valence-electron chi connectivity index (χ0n) is 10.9. The average Bonchev–Trinajstić information content (AvgIpc) is 2.43. The van der Waals surface area contributed by atoms with Crippen LogP contribution in [0.25, 0.3) is 0 Å². The second-order valence-electron chi connectivity index (χ2n) is 4.51. The number of hydrogen-bond acceptors (Lipinski definition) is 2. The molecule has 0 fully saturated rings. The molecule has 2 aromatic rings. The molecule has 3 N–H and O–H groups in total. The Balaban J connectivity index is 2.11. The first-order chi connectivity index (χ1) is 9.47. The molecule has 0 aliphatic rings. The van der Waals surface area contributed by atoms with Gasteiger partial charge >= 0.3 is 0 Å². The minimum atomic E-state index is -0.704. The fraction of sp³-hybridized carbons (Fsp3) is 0.133. The minimum absolute atomic E-state index is 0.261. The molecule has 0 saturated carbocycles. The predicted molar refractivity (Wildman–Crippen MR) is 85.9 cm³/mol. The smallest absolute Gasteiger partial charge is 0.245 e. The quantitative estimate of drug-likeness (QED) is 0.874. The van der Waals surface area contributed by atoms with Crippen molar-refractivity contribution in [1.29, 1.82) is 0 Å². The van der Waals surface area contributed by atoms with Crippen LogP contribution in [0.15, 0.2) is 46.9 Å².